The first-order chi connectivity index (χ1) is 15.0. The molecule has 8 heteroatoms. The third-order valence-corrected chi connectivity index (χ3v) is 7.25. The van der Waals surface area contributed by atoms with Crippen molar-refractivity contribution in [2.45, 2.75) is 36.9 Å². The molecule has 0 amide bonds. The molecule has 0 atom stereocenters. The van der Waals surface area contributed by atoms with Crippen LogP contribution in [0.1, 0.15) is 24.0 Å². The lowest BCUT2D eigenvalue weighted by Crippen LogP contribution is -2.52. The lowest BCUT2D eigenvalue weighted by Gasteiger charge is -2.36. The number of rotatable bonds is 7. The van der Waals surface area contributed by atoms with Crippen LogP contribution in [0.15, 0.2) is 64.5 Å². The summed E-state index contributed by atoms with van der Waals surface area (Å²) in [5.74, 6) is 0.881. The molecule has 0 unspecified atom stereocenters. The van der Waals surface area contributed by atoms with Crippen molar-refractivity contribution in [1.82, 2.24) is 19.8 Å². The van der Waals surface area contributed by atoms with E-state index in [9.17, 15) is 8.42 Å². The van der Waals surface area contributed by atoms with Crippen molar-refractivity contribution < 1.29 is 8.42 Å². The van der Waals surface area contributed by atoms with Gasteiger partial charge in [-0.15, -0.1) is 0 Å². The molecule has 166 valence electrons. The number of aliphatic imine (C=N–C) groups is 1. The summed E-state index contributed by atoms with van der Waals surface area (Å²) in [7, 11) is -1.60. The van der Waals surface area contributed by atoms with Crippen molar-refractivity contribution in [3.63, 3.8) is 0 Å². The summed E-state index contributed by atoms with van der Waals surface area (Å²) in [6, 6.07) is 17.7. The molecule has 0 aromatic heterocycles. The van der Waals surface area contributed by atoms with Crippen LogP contribution in [0.25, 0.3) is 0 Å². The first kappa shape index (κ1) is 21.8. The van der Waals surface area contributed by atoms with Crippen LogP contribution in [-0.2, 0) is 23.1 Å². The molecular weight excluding hydrogens is 410 g/mol. The summed E-state index contributed by atoms with van der Waals surface area (Å²) >= 11 is 0. The van der Waals surface area contributed by atoms with E-state index in [4.69, 9.17) is 0 Å². The summed E-state index contributed by atoms with van der Waals surface area (Å²) in [4.78, 5) is 9.50. The van der Waals surface area contributed by atoms with Crippen LogP contribution in [0.2, 0.25) is 0 Å². The van der Waals surface area contributed by atoms with Crippen molar-refractivity contribution in [1.29, 1.82) is 0 Å². The SMILES string of the molecule is CN=C(NCc1ccc(S(=O)(=O)NC2CC2)cc1)N1CCN(Cc2ccccc2)CC1. The van der Waals surface area contributed by atoms with Gasteiger partial charge in [0.25, 0.3) is 0 Å². The van der Waals surface area contributed by atoms with Gasteiger partial charge in [-0.25, -0.2) is 13.1 Å². The summed E-state index contributed by atoms with van der Waals surface area (Å²) in [5.41, 5.74) is 2.37. The largest absolute Gasteiger partial charge is 0.352 e. The Kier molecular flexibility index (Phi) is 6.89. The second kappa shape index (κ2) is 9.80. The van der Waals surface area contributed by atoms with Crippen LogP contribution in [0.4, 0.5) is 0 Å². The highest BCUT2D eigenvalue weighted by molar-refractivity contribution is 7.89. The van der Waals surface area contributed by atoms with Crippen LogP contribution < -0.4 is 10.0 Å². The first-order valence-electron chi connectivity index (χ1n) is 10.9. The minimum atomic E-state index is -3.40. The van der Waals surface area contributed by atoms with E-state index in [1.807, 2.05) is 12.1 Å². The molecule has 0 radical (unpaired) electrons. The second-order valence-corrected chi connectivity index (χ2v) is 9.90. The van der Waals surface area contributed by atoms with E-state index < -0.39 is 10.0 Å². The molecule has 0 bridgehead atoms. The maximum Gasteiger partial charge on any atom is 0.240 e. The second-order valence-electron chi connectivity index (χ2n) is 8.19. The van der Waals surface area contributed by atoms with E-state index in [0.29, 0.717) is 11.4 Å². The average molecular weight is 442 g/mol. The lowest BCUT2D eigenvalue weighted by molar-refractivity contribution is 0.172. The van der Waals surface area contributed by atoms with E-state index in [-0.39, 0.29) is 6.04 Å². The molecule has 2 aliphatic rings. The summed E-state index contributed by atoms with van der Waals surface area (Å²) < 4.78 is 27.3. The predicted molar refractivity (Wildman–Crippen MR) is 123 cm³/mol. The topological polar surface area (TPSA) is 77.0 Å². The van der Waals surface area contributed by atoms with Crippen LogP contribution in [0, 0.1) is 0 Å². The first-order valence-corrected chi connectivity index (χ1v) is 12.3. The van der Waals surface area contributed by atoms with E-state index in [1.165, 1.54) is 5.56 Å². The zero-order chi connectivity index (χ0) is 21.7. The lowest BCUT2D eigenvalue weighted by atomic mass is 10.2. The van der Waals surface area contributed by atoms with Crippen molar-refractivity contribution in [3.8, 4) is 0 Å². The van der Waals surface area contributed by atoms with Gasteiger partial charge in [0.15, 0.2) is 5.96 Å². The zero-order valence-corrected chi connectivity index (χ0v) is 18.8. The third kappa shape index (κ3) is 6.06. The molecule has 2 fully saturated rings. The monoisotopic (exact) mass is 441 g/mol. The Bertz CT molecular complexity index is 980. The molecule has 1 heterocycles. The Labute approximate surface area is 185 Å². The van der Waals surface area contributed by atoms with Gasteiger partial charge in [0.2, 0.25) is 10.0 Å². The van der Waals surface area contributed by atoms with Gasteiger partial charge in [0.1, 0.15) is 0 Å². The van der Waals surface area contributed by atoms with Gasteiger partial charge in [-0.05, 0) is 36.1 Å². The predicted octanol–water partition coefficient (Wildman–Crippen LogP) is 2.02. The molecule has 1 aliphatic heterocycles. The molecule has 7 nitrogen and oxygen atoms in total. The smallest absolute Gasteiger partial charge is 0.240 e. The molecule has 4 rings (SSSR count). The van der Waals surface area contributed by atoms with Gasteiger partial charge in [-0.3, -0.25) is 9.89 Å². The van der Waals surface area contributed by atoms with Gasteiger partial charge in [-0.1, -0.05) is 42.5 Å². The molecule has 2 N–H and O–H groups in total. The maximum atomic E-state index is 12.3. The number of hydrogen-bond acceptors (Lipinski definition) is 4. The van der Waals surface area contributed by atoms with Crippen molar-refractivity contribution >= 4 is 16.0 Å². The maximum absolute atomic E-state index is 12.3. The van der Waals surface area contributed by atoms with Crippen LogP contribution in [-0.4, -0.2) is 63.4 Å². The number of piperazine rings is 1. The van der Waals surface area contributed by atoms with Gasteiger partial charge in [-0.2, -0.15) is 0 Å². The minimum absolute atomic E-state index is 0.114. The minimum Gasteiger partial charge on any atom is -0.352 e. The molecule has 0 spiro atoms. The van der Waals surface area contributed by atoms with Gasteiger partial charge in [0.05, 0.1) is 4.90 Å². The number of nitrogens with one attached hydrogen (secondary N) is 2. The zero-order valence-electron chi connectivity index (χ0n) is 18.0. The molecular formula is C23H31N5O2S. The average Bonchev–Trinajstić information content (AvgIpc) is 3.60. The molecule has 1 saturated heterocycles. The van der Waals surface area contributed by atoms with Crippen molar-refractivity contribution in [2.75, 3.05) is 33.2 Å². The van der Waals surface area contributed by atoms with E-state index in [2.05, 4.69) is 55.2 Å². The Morgan fingerprint density at radius 2 is 1.65 bits per heavy atom. The normalized spacial score (nSPS) is 18.2. The van der Waals surface area contributed by atoms with Crippen LogP contribution >= 0.6 is 0 Å². The van der Waals surface area contributed by atoms with Gasteiger partial charge >= 0.3 is 0 Å². The summed E-state index contributed by atoms with van der Waals surface area (Å²) in [6.07, 6.45) is 1.86. The standard InChI is InChI=1S/C23H31N5O2S/c1-24-23(28-15-13-27(14-16-28)18-20-5-3-2-4-6-20)25-17-19-7-11-22(12-8-19)31(29,30)26-21-9-10-21/h2-8,11-12,21,26H,9-10,13-18H2,1H3,(H,24,25). The number of benzene rings is 2. The Morgan fingerprint density at radius 1 is 0.968 bits per heavy atom. The summed E-state index contributed by atoms with van der Waals surface area (Å²) in [5, 5.41) is 3.41. The van der Waals surface area contributed by atoms with Crippen molar-refractivity contribution in [2.24, 2.45) is 4.99 Å². The Hall–Kier alpha value is -2.42. The number of sulfonamides is 1. The van der Waals surface area contributed by atoms with Crippen LogP contribution in [0.5, 0.6) is 0 Å². The third-order valence-electron chi connectivity index (χ3n) is 5.72. The Balaban J connectivity index is 1.26. The molecule has 31 heavy (non-hydrogen) atoms. The van der Waals surface area contributed by atoms with E-state index >= 15 is 0 Å². The molecule has 2 aromatic carbocycles. The number of guanidine groups is 1. The quantitative estimate of drug-likeness (QED) is 0.508. The van der Waals surface area contributed by atoms with Gasteiger partial charge in [0, 0.05) is 52.4 Å². The van der Waals surface area contributed by atoms with Crippen LogP contribution in [0.3, 0.4) is 0 Å². The fraction of sp³-hybridized carbons (Fsp3) is 0.435. The number of nitrogens with zero attached hydrogens (tertiary/aromatic N) is 3. The molecule has 2 aromatic rings. The molecule has 1 saturated carbocycles. The fourth-order valence-corrected chi connectivity index (χ4v) is 5.05. The number of hydrogen-bond donors (Lipinski definition) is 2. The Morgan fingerprint density at radius 3 is 2.26 bits per heavy atom. The van der Waals surface area contributed by atoms with E-state index in [0.717, 1.165) is 57.1 Å². The highest BCUT2D eigenvalue weighted by Crippen LogP contribution is 2.22. The highest BCUT2D eigenvalue weighted by Gasteiger charge is 2.27. The van der Waals surface area contributed by atoms with E-state index in [1.54, 1.807) is 19.2 Å². The highest BCUT2D eigenvalue weighted by atomic mass is 32.2. The van der Waals surface area contributed by atoms with Gasteiger partial charge < -0.3 is 10.2 Å². The fourth-order valence-electron chi connectivity index (χ4n) is 3.75. The summed E-state index contributed by atoms with van der Waals surface area (Å²) in [6.45, 7) is 5.43. The van der Waals surface area contributed by atoms with Crippen molar-refractivity contribution in [3.05, 3.63) is 65.7 Å². The molecule has 1 aliphatic carbocycles.